The molecule has 0 saturated heterocycles. The third kappa shape index (κ3) is 5.14. The van der Waals surface area contributed by atoms with Crippen LogP contribution in [0.4, 0.5) is 5.69 Å². The van der Waals surface area contributed by atoms with Crippen molar-refractivity contribution >= 4 is 21.6 Å². The molecule has 0 radical (unpaired) electrons. The van der Waals surface area contributed by atoms with Crippen molar-refractivity contribution in [3.63, 3.8) is 0 Å². The van der Waals surface area contributed by atoms with E-state index in [4.69, 9.17) is 5.14 Å². The Bertz CT molecular complexity index is 703. The molecule has 0 saturated carbocycles. The number of hydrogen-bond donors (Lipinski definition) is 2. The van der Waals surface area contributed by atoms with Gasteiger partial charge < -0.3 is 17.7 Å². The van der Waals surface area contributed by atoms with Crippen LogP contribution in [0, 0.1) is 0 Å². The summed E-state index contributed by atoms with van der Waals surface area (Å²) in [5, 5.41) is 7.67. The van der Waals surface area contributed by atoms with Crippen LogP contribution < -0.4 is 27.4 Å². The molecule has 2 rings (SSSR count). The first-order valence-corrected chi connectivity index (χ1v) is 7.36. The van der Waals surface area contributed by atoms with Gasteiger partial charge in [0.05, 0.1) is 4.90 Å². The molecule has 1 amide bonds. The highest BCUT2D eigenvalue weighted by Gasteiger charge is 2.10. The van der Waals surface area contributed by atoms with E-state index >= 15 is 0 Å². The predicted octanol–water partition coefficient (Wildman–Crippen LogP) is -2.74. The lowest BCUT2D eigenvalue weighted by molar-refractivity contribution is -0.684. The molecule has 6 nitrogen and oxygen atoms in total. The second-order valence-electron chi connectivity index (χ2n) is 4.17. The molecular formula is C13H14ClN3O3S. The van der Waals surface area contributed by atoms with E-state index in [1.807, 2.05) is 18.2 Å². The van der Waals surface area contributed by atoms with E-state index in [-0.39, 0.29) is 29.8 Å². The number of nitrogens with two attached hydrogens (primary N) is 1. The Balaban J connectivity index is 0.00000220. The van der Waals surface area contributed by atoms with E-state index in [0.29, 0.717) is 5.69 Å². The van der Waals surface area contributed by atoms with Crippen molar-refractivity contribution in [2.75, 3.05) is 5.32 Å². The first kappa shape index (κ1) is 17.1. The molecule has 8 heteroatoms. The fourth-order valence-corrected chi connectivity index (χ4v) is 2.15. The molecule has 21 heavy (non-hydrogen) atoms. The number of anilines is 1. The summed E-state index contributed by atoms with van der Waals surface area (Å²) in [6.07, 6.45) is 3.56. The Morgan fingerprint density at radius 3 is 2.19 bits per heavy atom. The molecule has 2 aromatic rings. The van der Waals surface area contributed by atoms with Crippen LogP contribution in [0.2, 0.25) is 0 Å². The van der Waals surface area contributed by atoms with E-state index < -0.39 is 10.0 Å². The fraction of sp³-hybridized carbons (Fsp3) is 0.0769. The summed E-state index contributed by atoms with van der Waals surface area (Å²) < 4.78 is 23.9. The van der Waals surface area contributed by atoms with Gasteiger partial charge in [-0.15, -0.1) is 0 Å². The Morgan fingerprint density at radius 2 is 1.67 bits per heavy atom. The van der Waals surface area contributed by atoms with Gasteiger partial charge in [-0.2, -0.15) is 4.57 Å². The molecule has 112 valence electrons. The molecule has 0 aliphatic heterocycles. The van der Waals surface area contributed by atoms with Gasteiger partial charge in [-0.05, 0) is 24.3 Å². The van der Waals surface area contributed by atoms with Gasteiger partial charge in [0.1, 0.15) is 0 Å². The summed E-state index contributed by atoms with van der Waals surface area (Å²) in [5.74, 6) is -0.204. The summed E-state index contributed by atoms with van der Waals surface area (Å²) in [6.45, 7) is 0.178. The zero-order valence-electron chi connectivity index (χ0n) is 10.9. The molecule has 0 fully saturated rings. The van der Waals surface area contributed by atoms with Crippen LogP contribution in [0.25, 0.3) is 0 Å². The normalized spacial score (nSPS) is 10.5. The first-order valence-electron chi connectivity index (χ1n) is 5.82. The van der Waals surface area contributed by atoms with Gasteiger partial charge in [-0.25, -0.2) is 13.6 Å². The van der Waals surface area contributed by atoms with Gasteiger partial charge in [0.15, 0.2) is 12.4 Å². The highest BCUT2D eigenvalue weighted by molar-refractivity contribution is 7.89. The number of nitrogens with zero attached hydrogens (tertiary/aromatic N) is 1. The number of pyridine rings is 1. The Labute approximate surface area is 129 Å². The van der Waals surface area contributed by atoms with Crippen molar-refractivity contribution in [3.05, 3.63) is 54.9 Å². The summed E-state index contributed by atoms with van der Waals surface area (Å²) in [7, 11) is -3.71. The number of amides is 1. The van der Waals surface area contributed by atoms with Crippen LogP contribution in [0.1, 0.15) is 0 Å². The van der Waals surface area contributed by atoms with E-state index in [0.717, 1.165) is 0 Å². The number of rotatable bonds is 4. The maximum absolute atomic E-state index is 11.8. The third-order valence-corrected chi connectivity index (χ3v) is 3.50. The van der Waals surface area contributed by atoms with Gasteiger partial charge in [-0.1, -0.05) is 6.07 Å². The Hall–Kier alpha value is -1.96. The van der Waals surface area contributed by atoms with Crippen molar-refractivity contribution in [2.24, 2.45) is 5.14 Å². The smallest absolute Gasteiger partial charge is 0.290 e. The van der Waals surface area contributed by atoms with Crippen LogP contribution in [0.5, 0.6) is 0 Å². The lowest BCUT2D eigenvalue weighted by Gasteiger charge is -2.04. The molecule has 1 heterocycles. The minimum Gasteiger partial charge on any atom is -1.00 e. The zero-order valence-corrected chi connectivity index (χ0v) is 12.5. The van der Waals surface area contributed by atoms with Crippen LogP contribution >= 0.6 is 0 Å². The second-order valence-corrected chi connectivity index (χ2v) is 5.73. The SMILES string of the molecule is NS(=O)(=O)c1ccc(NC(=O)C[n+]2ccccc2)cc1.[Cl-]. The number of hydrogen-bond acceptors (Lipinski definition) is 3. The number of carbonyl (C=O) groups is 1. The highest BCUT2D eigenvalue weighted by Crippen LogP contribution is 2.12. The summed E-state index contributed by atoms with van der Waals surface area (Å²) in [5.41, 5.74) is 0.513. The quantitative estimate of drug-likeness (QED) is 0.597. The average Bonchev–Trinajstić information content (AvgIpc) is 2.39. The molecule has 1 aromatic heterocycles. The summed E-state index contributed by atoms with van der Waals surface area (Å²) in [6, 6.07) is 11.2. The monoisotopic (exact) mass is 327 g/mol. The minimum absolute atomic E-state index is 0. The number of aromatic nitrogens is 1. The molecule has 0 spiro atoms. The number of benzene rings is 1. The maximum atomic E-state index is 11.8. The maximum Gasteiger partial charge on any atom is 0.290 e. The van der Waals surface area contributed by atoms with Crippen LogP contribution in [-0.4, -0.2) is 14.3 Å². The molecule has 1 aromatic carbocycles. The first-order chi connectivity index (χ1) is 9.45. The van der Waals surface area contributed by atoms with E-state index in [9.17, 15) is 13.2 Å². The van der Waals surface area contributed by atoms with Gasteiger partial charge in [0.2, 0.25) is 16.6 Å². The standard InChI is InChI=1S/C13H13N3O3S.ClH/c14-20(18,19)12-6-4-11(5-7-12)15-13(17)10-16-8-2-1-3-9-16;/h1-9H,10H2,(H2-,14,15,17,18,19);1H. The summed E-state index contributed by atoms with van der Waals surface area (Å²) >= 11 is 0. The number of carbonyl (C=O) groups excluding carboxylic acids is 1. The van der Waals surface area contributed by atoms with E-state index in [1.165, 1.54) is 24.3 Å². The molecule has 0 bridgehead atoms. The number of sulfonamides is 1. The number of halogens is 1. The molecule has 0 aliphatic rings. The molecule has 0 atom stereocenters. The highest BCUT2D eigenvalue weighted by atomic mass is 35.5. The third-order valence-electron chi connectivity index (χ3n) is 2.57. The van der Waals surface area contributed by atoms with Crippen LogP contribution in [-0.2, 0) is 21.4 Å². The topological polar surface area (TPSA) is 93.1 Å². The van der Waals surface area contributed by atoms with Crippen molar-refractivity contribution in [3.8, 4) is 0 Å². The van der Waals surface area contributed by atoms with Gasteiger partial charge in [0, 0.05) is 17.8 Å². The van der Waals surface area contributed by atoms with Crippen molar-refractivity contribution in [2.45, 2.75) is 11.4 Å². The Morgan fingerprint density at radius 1 is 1.10 bits per heavy atom. The van der Waals surface area contributed by atoms with Gasteiger partial charge in [-0.3, -0.25) is 4.79 Å². The van der Waals surface area contributed by atoms with Gasteiger partial charge in [0.25, 0.3) is 5.91 Å². The van der Waals surface area contributed by atoms with Crippen molar-refractivity contribution < 1.29 is 30.2 Å². The zero-order chi connectivity index (χ0) is 14.6. The van der Waals surface area contributed by atoms with E-state index in [2.05, 4.69) is 5.32 Å². The number of nitrogens with one attached hydrogen (secondary N) is 1. The molecule has 3 N–H and O–H groups in total. The second kappa shape index (κ2) is 7.16. The lowest BCUT2D eigenvalue weighted by atomic mass is 10.3. The molecule has 0 unspecified atom stereocenters. The largest absolute Gasteiger partial charge is 1.00 e. The predicted molar refractivity (Wildman–Crippen MR) is 73.1 cm³/mol. The van der Waals surface area contributed by atoms with Crippen molar-refractivity contribution in [1.29, 1.82) is 0 Å². The van der Waals surface area contributed by atoms with Crippen molar-refractivity contribution in [1.82, 2.24) is 0 Å². The van der Waals surface area contributed by atoms with Crippen LogP contribution in [0.3, 0.4) is 0 Å². The fourth-order valence-electron chi connectivity index (χ4n) is 1.63. The molecular weight excluding hydrogens is 314 g/mol. The van der Waals surface area contributed by atoms with E-state index in [1.54, 1.807) is 17.0 Å². The molecule has 0 aliphatic carbocycles. The van der Waals surface area contributed by atoms with Crippen LogP contribution in [0.15, 0.2) is 59.8 Å². The van der Waals surface area contributed by atoms with Gasteiger partial charge >= 0.3 is 0 Å². The Kier molecular flexibility index (Phi) is 5.83. The number of primary sulfonamides is 1. The summed E-state index contributed by atoms with van der Waals surface area (Å²) in [4.78, 5) is 11.8. The minimum atomic E-state index is -3.71. The average molecular weight is 328 g/mol. The lowest BCUT2D eigenvalue weighted by Crippen LogP contribution is -3.00.